The van der Waals surface area contributed by atoms with Crippen LogP contribution in [0.3, 0.4) is 0 Å². The van der Waals surface area contributed by atoms with Gasteiger partial charge in [0.25, 0.3) is 10.0 Å². The first kappa shape index (κ1) is 13.6. The second-order valence-corrected chi connectivity index (χ2v) is 5.64. The van der Waals surface area contributed by atoms with Crippen molar-refractivity contribution in [2.24, 2.45) is 0 Å². The highest BCUT2D eigenvalue weighted by molar-refractivity contribution is 7.92. The Labute approximate surface area is 114 Å². The van der Waals surface area contributed by atoms with Crippen LogP contribution in [-0.2, 0) is 10.0 Å². The van der Waals surface area contributed by atoms with Crippen molar-refractivity contribution in [3.8, 4) is 0 Å². The minimum absolute atomic E-state index is 0.0169. The van der Waals surface area contributed by atoms with E-state index < -0.39 is 15.8 Å². The highest BCUT2D eigenvalue weighted by Gasteiger charge is 2.19. The zero-order valence-electron chi connectivity index (χ0n) is 9.47. The molecule has 5 nitrogen and oxygen atoms in total. The Morgan fingerprint density at radius 2 is 2.05 bits per heavy atom. The summed E-state index contributed by atoms with van der Waals surface area (Å²) in [5, 5.41) is -0.482. The van der Waals surface area contributed by atoms with Gasteiger partial charge in [0.1, 0.15) is 5.82 Å². The van der Waals surface area contributed by atoms with Crippen molar-refractivity contribution in [3.63, 3.8) is 0 Å². The van der Waals surface area contributed by atoms with Crippen LogP contribution >= 0.6 is 11.6 Å². The lowest BCUT2D eigenvalue weighted by atomic mass is 10.3. The quantitative estimate of drug-likeness (QED) is 0.910. The SMILES string of the molecule is Nc1cccnc1S(=O)(=O)Nc1ccc(F)c(Cl)c1. The zero-order chi connectivity index (χ0) is 14.0. The molecule has 1 aromatic carbocycles. The summed E-state index contributed by atoms with van der Waals surface area (Å²) in [5.41, 5.74) is 5.69. The molecule has 19 heavy (non-hydrogen) atoms. The van der Waals surface area contributed by atoms with Crippen molar-refractivity contribution in [1.29, 1.82) is 0 Å². The third-order valence-corrected chi connectivity index (χ3v) is 3.87. The fraction of sp³-hybridized carbons (Fsp3) is 0. The Hall–Kier alpha value is -1.86. The topological polar surface area (TPSA) is 85.1 Å². The summed E-state index contributed by atoms with van der Waals surface area (Å²) in [5.74, 6) is -0.637. The Balaban J connectivity index is 2.37. The molecule has 0 aliphatic heterocycles. The Morgan fingerprint density at radius 3 is 2.68 bits per heavy atom. The highest BCUT2D eigenvalue weighted by atomic mass is 35.5. The number of nitrogens with zero attached hydrogens (tertiary/aromatic N) is 1. The van der Waals surface area contributed by atoms with Gasteiger partial charge >= 0.3 is 0 Å². The minimum atomic E-state index is -3.94. The molecule has 0 aliphatic rings. The second-order valence-electron chi connectivity index (χ2n) is 3.63. The normalized spacial score (nSPS) is 11.3. The first-order chi connectivity index (χ1) is 8.90. The third kappa shape index (κ3) is 2.94. The molecule has 1 heterocycles. The van der Waals surface area contributed by atoms with Crippen molar-refractivity contribution in [2.45, 2.75) is 5.03 Å². The van der Waals surface area contributed by atoms with E-state index >= 15 is 0 Å². The lowest BCUT2D eigenvalue weighted by Gasteiger charge is -2.09. The minimum Gasteiger partial charge on any atom is -0.396 e. The number of halogens is 2. The van der Waals surface area contributed by atoms with Crippen molar-refractivity contribution in [2.75, 3.05) is 10.5 Å². The molecule has 0 atom stereocenters. The van der Waals surface area contributed by atoms with Crippen LogP contribution in [0, 0.1) is 5.82 Å². The van der Waals surface area contributed by atoms with E-state index in [-0.39, 0.29) is 21.4 Å². The number of benzene rings is 1. The van der Waals surface area contributed by atoms with Crippen molar-refractivity contribution >= 4 is 33.0 Å². The maximum absolute atomic E-state index is 13.0. The number of anilines is 2. The van der Waals surface area contributed by atoms with Gasteiger partial charge in [-0.1, -0.05) is 11.6 Å². The Kier molecular flexibility index (Phi) is 3.59. The first-order valence-electron chi connectivity index (χ1n) is 5.08. The molecule has 2 aromatic rings. The van der Waals surface area contributed by atoms with Crippen molar-refractivity contribution < 1.29 is 12.8 Å². The average Bonchev–Trinajstić information content (AvgIpc) is 2.34. The van der Waals surface area contributed by atoms with Gasteiger partial charge in [0, 0.05) is 6.20 Å². The van der Waals surface area contributed by atoms with Crippen LogP contribution in [0.2, 0.25) is 5.02 Å². The fourth-order valence-corrected chi connectivity index (χ4v) is 2.68. The number of nitrogens with two attached hydrogens (primary N) is 1. The molecule has 0 bridgehead atoms. The lowest BCUT2D eigenvalue weighted by molar-refractivity contribution is 0.598. The molecule has 0 saturated heterocycles. The molecule has 100 valence electrons. The van der Waals surface area contributed by atoms with Crippen LogP contribution in [0.5, 0.6) is 0 Å². The largest absolute Gasteiger partial charge is 0.396 e. The number of aromatic nitrogens is 1. The number of hydrogen-bond acceptors (Lipinski definition) is 4. The van der Waals surface area contributed by atoms with Gasteiger partial charge < -0.3 is 5.73 Å². The number of sulfonamides is 1. The summed E-state index contributed by atoms with van der Waals surface area (Å²) in [4.78, 5) is 3.70. The van der Waals surface area contributed by atoms with Crippen LogP contribution in [0.4, 0.5) is 15.8 Å². The third-order valence-electron chi connectivity index (χ3n) is 2.23. The Bertz CT molecular complexity index is 722. The lowest BCUT2D eigenvalue weighted by Crippen LogP contribution is -2.16. The van der Waals surface area contributed by atoms with Gasteiger partial charge in [-0.25, -0.2) is 9.37 Å². The van der Waals surface area contributed by atoms with Gasteiger partial charge in [0.15, 0.2) is 5.03 Å². The molecule has 1 aromatic heterocycles. The summed E-state index contributed by atoms with van der Waals surface area (Å²) in [6.07, 6.45) is 1.31. The molecule has 8 heteroatoms. The molecule has 0 aliphatic carbocycles. The smallest absolute Gasteiger partial charge is 0.281 e. The van der Waals surface area contributed by atoms with Crippen LogP contribution in [0.15, 0.2) is 41.6 Å². The van der Waals surface area contributed by atoms with Gasteiger partial charge in [-0.3, -0.25) is 4.72 Å². The molecule has 0 fully saturated rings. The number of nitrogens with one attached hydrogen (secondary N) is 1. The summed E-state index contributed by atoms with van der Waals surface area (Å²) < 4.78 is 39.3. The van der Waals surface area contributed by atoms with Crippen LogP contribution in [0.1, 0.15) is 0 Å². The molecule has 3 N–H and O–H groups in total. The molecule has 0 radical (unpaired) electrons. The molecular weight excluding hydrogens is 293 g/mol. The van der Waals surface area contributed by atoms with E-state index in [9.17, 15) is 12.8 Å². The van der Waals surface area contributed by atoms with Crippen LogP contribution in [0.25, 0.3) is 0 Å². The molecular formula is C11H9ClFN3O2S. The van der Waals surface area contributed by atoms with Gasteiger partial charge in [-0.15, -0.1) is 0 Å². The van der Waals surface area contributed by atoms with E-state index in [0.717, 1.165) is 12.1 Å². The van der Waals surface area contributed by atoms with Crippen LogP contribution < -0.4 is 10.5 Å². The number of nitrogen functional groups attached to an aromatic ring is 1. The summed E-state index contributed by atoms with van der Waals surface area (Å²) >= 11 is 5.57. The van der Waals surface area contributed by atoms with Crippen molar-refractivity contribution in [3.05, 3.63) is 47.4 Å². The molecule has 2 rings (SSSR count). The molecule has 0 amide bonds. The van der Waals surface area contributed by atoms with E-state index in [1.54, 1.807) is 0 Å². The van der Waals surface area contributed by atoms with E-state index in [1.807, 2.05) is 0 Å². The number of pyridine rings is 1. The van der Waals surface area contributed by atoms with E-state index in [0.29, 0.717) is 0 Å². The fourth-order valence-electron chi connectivity index (χ4n) is 1.39. The summed E-state index contributed by atoms with van der Waals surface area (Å²) in [6, 6.07) is 6.40. The second kappa shape index (κ2) is 5.02. The molecule has 0 unspecified atom stereocenters. The van der Waals surface area contributed by atoms with Crippen molar-refractivity contribution in [1.82, 2.24) is 4.98 Å². The number of rotatable bonds is 3. The molecule has 0 spiro atoms. The molecule has 0 saturated carbocycles. The highest BCUT2D eigenvalue weighted by Crippen LogP contribution is 2.23. The van der Waals surface area contributed by atoms with Gasteiger partial charge in [-0.2, -0.15) is 8.42 Å². The van der Waals surface area contributed by atoms with E-state index in [1.165, 1.54) is 24.4 Å². The number of hydrogen-bond donors (Lipinski definition) is 2. The monoisotopic (exact) mass is 301 g/mol. The zero-order valence-corrected chi connectivity index (χ0v) is 11.0. The average molecular weight is 302 g/mol. The van der Waals surface area contributed by atoms with E-state index in [4.69, 9.17) is 17.3 Å². The van der Waals surface area contributed by atoms with Gasteiger partial charge in [0.05, 0.1) is 16.4 Å². The predicted octanol–water partition coefficient (Wildman–Crippen LogP) is 2.26. The van der Waals surface area contributed by atoms with Crippen LogP contribution in [-0.4, -0.2) is 13.4 Å². The summed E-state index contributed by atoms with van der Waals surface area (Å²) in [6.45, 7) is 0. The Morgan fingerprint density at radius 1 is 1.32 bits per heavy atom. The maximum Gasteiger partial charge on any atom is 0.281 e. The van der Waals surface area contributed by atoms with Gasteiger partial charge in [0.2, 0.25) is 0 Å². The van der Waals surface area contributed by atoms with E-state index in [2.05, 4.69) is 9.71 Å². The van der Waals surface area contributed by atoms with Gasteiger partial charge in [-0.05, 0) is 30.3 Å². The standard InChI is InChI=1S/C11H9ClFN3O2S/c12-8-6-7(3-4-9(8)13)16-19(17,18)11-10(14)2-1-5-15-11/h1-6,16H,14H2. The first-order valence-corrected chi connectivity index (χ1v) is 6.94. The maximum atomic E-state index is 13.0. The summed E-state index contributed by atoms with van der Waals surface area (Å²) in [7, 11) is -3.94. The predicted molar refractivity (Wildman–Crippen MR) is 70.9 cm³/mol.